The van der Waals surface area contributed by atoms with Gasteiger partial charge in [-0.2, -0.15) is 0 Å². The van der Waals surface area contributed by atoms with Crippen molar-refractivity contribution in [3.8, 4) is 23.0 Å². The van der Waals surface area contributed by atoms with E-state index in [4.69, 9.17) is 40.0 Å². The van der Waals surface area contributed by atoms with Gasteiger partial charge >= 0.3 is 11.9 Å². The Bertz CT molecular complexity index is 2090. The van der Waals surface area contributed by atoms with Crippen LogP contribution in [0.1, 0.15) is 80.3 Å². The van der Waals surface area contributed by atoms with Crippen LogP contribution in [0.2, 0.25) is 5.02 Å². The number of carbonyl (C=O) groups is 2. The predicted molar refractivity (Wildman–Crippen MR) is 199 cm³/mol. The van der Waals surface area contributed by atoms with E-state index in [1.54, 1.807) is 0 Å². The molecule has 0 amide bonds. The van der Waals surface area contributed by atoms with Gasteiger partial charge in [0.05, 0.1) is 5.92 Å². The number of carbonyl (C=O) groups excluding carboxylic acids is 2. The molecule has 2 aliphatic carbocycles. The largest absolute Gasteiger partial charge is 0.489 e. The van der Waals surface area contributed by atoms with Gasteiger partial charge < -0.3 is 28.4 Å². The Morgan fingerprint density at radius 1 is 0.759 bits per heavy atom. The Morgan fingerprint density at radius 3 is 1.91 bits per heavy atom. The minimum atomic E-state index is -1.31. The monoisotopic (exact) mass is 754 g/mol. The molecule has 0 spiro atoms. The zero-order valence-corrected chi connectivity index (χ0v) is 31.7. The molecule has 8 nitrogen and oxygen atoms in total. The fourth-order valence-corrected chi connectivity index (χ4v) is 7.79. The molecule has 2 saturated carbocycles. The lowest BCUT2D eigenvalue weighted by atomic mass is 10.0. The van der Waals surface area contributed by atoms with E-state index in [0.29, 0.717) is 53.7 Å². The molecule has 2 atom stereocenters. The molecule has 0 radical (unpaired) electrons. The number of halogens is 2. The van der Waals surface area contributed by atoms with Gasteiger partial charge in [-0.15, -0.1) is 0 Å². The fraction of sp³-hybridized carbons (Fsp3) is 0.409. The molecule has 2 aliphatic heterocycles. The average molecular weight is 755 g/mol. The van der Waals surface area contributed by atoms with Crippen LogP contribution in [-0.2, 0) is 58.1 Å². The van der Waals surface area contributed by atoms with Gasteiger partial charge in [-0.3, -0.25) is 4.79 Å². The Hall–Kier alpha value is -4.76. The van der Waals surface area contributed by atoms with Gasteiger partial charge in [0.25, 0.3) is 0 Å². The van der Waals surface area contributed by atoms with Crippen molar-refractivity contribution in [2.75, 3.05) is 0 Å². The number of ether oxygens (including phenoxy) is 6. The molecule has 0 aromatic heterocycles. The first-order chi connectivity index (χ1) is 25.7. The number of esters is 2. The maximum Gasteiger partial charge on any atom is 0.351 e. The van der Waals surface area contributed by atoms with Crippen LogP contribution >= 0.6 is 11.6 Å². The molecule has 2 heterocycles. The third-order valence-corrected chi connectivity index (χ3v) is 10.7. The second-order valence-electron chi connectivity index (χ2n) is 16.3. The van der Waals surface area contributed by atoms with E-state index in [0.717, 1.165) is 52.8 Å². The van der Waals surface area contributed by atoms with Gasteiger partial charge in [0.1, 0.15) is 59.8 Å². The highest BCUT2D eigenvalue weighted by atomic mass is 35.5. The van der Waals surface area contributed by atoms with Crippen LogP contribution in [0.3, 0.4) is 0 Å². The maximum absolute atomic E-state index is 14.3. The molecule has 54 heavy (non-hydrogen) atoms. The van der Waals surface area contributed by atoms with Crippen molar-refractivity contribution in [3.05, 3.63) is 117 Å². The Labute approximate surface area is 319 Å². The number of benzene rings is 4. The van der Waals surface area contributed by atoms with Gasteiger partial charge in [0, 0.05) is 46.9 Å². The predicted octanol–water partition coefficient (Wildman–Crippen LogP) is 9.06. The maximum atomic E-state index is 14.3. The van der Waals surface area contributed by atoms with Crippen molar-refractivity contribution in [3.63, 3.8) is 0 Å². The van der Waals surface area contributed by atoms with Crippen molar-refractivity contribution in [2.24, 2.45) is 11.8 Å². The fourth-order valence-electron chi connectivity index (χ4n) is 7.53. The zero-order chi connectivity index (χ0) is 37.8. The highest BCUT2D eigenvalue weighted by Gasteiger charge is 2.65. The van der Waals surface area contributed by atoms with E-state index in [2.05, 4.69) is 13.8 Å². The van der Waals surface area contributed by atoms with E-state index >= 15 is 0 Å². The molecular formula is C44H44ClFO8. The van der Waals surface area contributed by atoms with Gasteiger partial charge in [0.2, 0.25) is 5.60 Å². The van der Waals surface area contributed by atoms with Crippen molar-refractivity contribution in [2.45, 2.75) is 103 Å². The molecule has 2 unspecified atom stereocenters. The smallest absolute Gasteiger partial charge is 0.351 e. The number of fused-ring (bicyclic) bond motifs is 2. The van der Waals surface area contributed by atoms with Crippen LogP contribution in [0, 0.1) is 17.7 Å². The van der Waals surface area contributed by atoms with E-state index in [-0.39, 0.29) is 48.0 Å². The SMILES string of the molecule is CC1(C)Cc2cc(F)cc(COc3ccc(CC4CC4(OC(=O)C4CC4)C(=O)OCc4ccc(OCc5cc(Cl)cc6c5OC(C)(C)C6)cc4)cc3)c2O1. The summed E-state index contributed by atoms with van der Waals surface area (Å²) in [5.74, 6) is 1.24. The van der Waals surface area contributed by atoms with Crippen LogP contribution in [0.4, 0.5) is 4.39 Å². The molecule has 0 saturated heterocycles. The number of hydrogen-bond donors (Lipinski definition) is 0. The molecule has 0 N–H and O–H groups in total. The van der Waals surface area contributed by atoms with Crippen LogP contribution in [0.25, 0.3) is 0 Å². The Kier molecular flexibility index (Phi) is 9.28. The molecule has 2 fully saturated rings. The van der Waals surface area contributed by atoms with Gasteiger partial charge in [-0.1, -0.05) is 35.9 Å². The van der Waals surface area contributed by atoms with Gasteiger partial charge in [-0.05, 0) is 112 Å². The van der Waals surface area contributed by atoms with E-state index in [1.165, 1.54) is 12.1 Å². The zero-order valence-electron chi connectivity index (χ0n) is 31.0. The number of hydrogen-bond acceptors (Lipinski definition) is 8. The van der Waals surface area contributed by atoms with Crippen LogP contribution < -0.4 is 18.9 Å². The van der Waals surface area contributed by atoms with Crippen LogP contribution in [-0.4, -0.2) is 28.7 Å². The molecule has 4 aromatic carbocycles. The third-order valence-electron chi connectivity index (χ3n) is 10.5. The lowest BCUT2D eigenvalue weighted by Crippen LogP contribution is -2.34. The highest BCUT2D eigenvalue weighted by molar-refractivity contribution is 6.30. The lowest BCUT2D eigenvalue weighted by molar-refractivity contribution is -0.174. The lowest BCUT2D eigenvalue weighted by Gasteiger charge is -2.19. The Balaban J connectivity index is 0.861. The molecule has 10 heteroatoms. The van der Waals surface area contributed by atoms with Crippen molar-refractivity contribution < 1.29 is 42.4 Å². The Morgan fingerprint density at radius 2 is 1.31 bits per heavy atom. The van der Waals surface area contributed by atoms with Crippen molar-refractivity contribution >= 4 is 23.5 Å². The van der Waals surface area contributed by atoms with E-state index in [1.807, 2.05) is 74.5 Å². The summed E-state index contributed by atoms with van der Waals surface area (Å²) in [5.41, 5.74) is 3.23. The summed E-state index contributed by atoms with van der Waals surface area (Å²) < 4.78 is 50.3. The summed E-state index contributed by atoms with van der Waals surface area (Å²) in [7, 11) is 0. The van der Waals surface area contributed by atoms with Crippen LogP contribution in [0.15, 0.2) is 72.8 Å². The quantitative estimate of drug-likeness (QED) is 0.125. The summed E-state index contributed by atoms with van der Waals surface area (Å²) in [6, 6.07) is 21.7. The standard InChI is InChI=1S/C44H44ClFO8/c1-42(2)20-29-16-34(45)17-31(38(29)52-42)24-49-37-13-7-27(8-14-37)23-51-41(48)44(54-40(47)28-9-10-28)22-33(44)15-26-5-11-36(12-6-26)50-25-32-19-35(46)18-30-21-43(3,4)53-39(30)32/h5-8,11-14,16-19,28,33H,9-10,15,20-25H2,1-4H3. The second-order valence-corrected chi connectivity index (χ2v) is 16.8. The number of rotatable bonds is 13. The van der Waals surface area contributed by atoms with Crippen molar-refractivity contribution in [1.82, 2.24) is 0 Å². The molecule has 4 aliphatic rings. The third kappa shape index (κ3) is 7.88. The summed E-state index contributed by atoms with van der Waals surface area (Å²) >= 11 is 6.38. The van der Waals surface area contributed by atoms with E-state index < -0.39 is 11.6 Å². The highest BCUT2D eigenvalue weighted by Crippen LogP contribution is 2.51. The van der Waals surface area contributed by atoms with Gasteiger partial charge in [0.15, 0.2) is 0 Å². The first-order valence-electron chi connectivity index (χ1n) is 18.6. The first kappa shape index (κ1) is 36.2. The first-order valence-corrected chi connectivity index (χ1v) is 19.0. The van der Waals surface area contributed by atoms with E-state index in [9.17, 15) is 14.0 Å². The molecule has 0 bridgehead atoms. The summed E-state index contributed by atoms with van der Waals surface area (Å²) in [6.07, 6.45) is 3.89. The van der Waals surface area contributed by atoms with Crippen LogP contribution in [0.5, 0.6) is 23.0 Å². The normalized spacial score (nSPS) is 21.3. The molecule has 8 rings (SSSR count). The second kappa shape index (κ2) is 13.8. The van der Waals surface area contributed by atoms with Gasteiger partial charge in [-0.25, -0.2) is 9.18 Å². The minimum Gasteiger partial charge on any atom is -0.489 e. The average Bonchev–Trinajstić information content (AvgIpc) is 4.03. The topological polar surface area (TPSA) is 89.5 Å². The molecular weight excluding hydrogens is 711 g/mol. The summed E-state index contributed by atoms with van der Waals surface area (Å²) in [4.78, 5) is 26.4. The summed E-state index contributed by atoms with van der Waals surface area (Å²) in [5, 5.41) is 0.647. The summed E-state index contributed by atoms with van der Waals surface area (Å²) in [6.45, 7) is 8.56. The molecule has 282 valence electrons. The van der Waals surface area contributed by atoms with Crippen molar-refractivity contribution in [1.29, 1.82) is 0 Å². The molecule has 4 aromatic rings. The minimum absolute atomic E-state index is 0.0301.